The highest BCUT2D eigenvalue weighted by molar-refractivity contribution is 5.76. The summed E-state index contributed by atoms with van der Waals surface area (Å²) >= 11 is 0. The van der Waals surface area contributed by atoms with Gasteiger partial charge in [0.25, 0.3) is 0 Å². The molecule has 4 N–H and O–H groups in total. The van der Waals surface area contributed by atoms with Crippen molar-refractivity contribution < 1.29 is 9.90 Å². The lowest BCUT2D eigenvalue weighted by Crippen LogP contribution is -2.35. The molecule has 6 heteroatoms. The van der Waals surface area contributed by atoms with Gasteiger partial charge in [-0.2, -0.15) is 5.10 Å². The molecule has 94 valence electrons. The minimum Gasteiger partial charge on any atom is -0.481 e. The van der Waals surface area contributed by atoms with Crippen molar-refractivity contribution in [2.75, 3.05) is 25.9 Å². The van der Waals surface area contributed by atoms with Gasteiger partial charge < -0.3 is 15.7 Å². The fourth-order valence-electron chi connectivity index (χ4n) is 2.46. The number of carbonyl (C=O) groups is 1. The van der Waals surface area contributed by atoms with Crippen molar-refractivity contribution in [3.8, 4) is 0 Å². The number of hydrogen-bond donors (Lipinski definition) is 3. The summed E-state index contributed by atoms with van der Waals surface area (Å²) in [7, 11) is 2.06. The Morgan fingerprint density at radius 2 is 2.29 bits per heavy atom. The molecule has 1 aliphatic rings. The predicted octanol–water partition coefficient (Wildman–Crippen LogP) is 0.502. The highest BCUT2D eigenvalue weighted by atomic mass is 16.4. The zero-order chi connectivity index (χ0) is 12.4. The third kappa shape index (κ3) is 2.58. The maximum absolute atomic E-state index is 11.4. The summed E-state index contributed by atoms with van der Waals surface area (Å²) in [6.07, 6.45) is 1.79. The smallest absolute Gasteiger partial charge is 0.312 e. The first kappa shape index (κ1) is 11.9. The highest BCUT2D eigenvalue weighted by Crippen LogP contribution is 2.32. The predicted molar refractivity (Wildman–Crippen MR) is 63.6 cm³/mol. The second kappa shape index (κ2) is 4.75. The minimum atomic E-state index is -0.803. The Bertz CT molecular complexity index is 396. The fraction of sp³-hybridized carbons (Fsp3) is 0.636. The number of aliphatic carboxylic acids is 1. The van der Waals surface area contributed by atoms with Crippen LogP contribution in [0, 0.1) is 5.92 Å². The van der Waals surface area contributed by atoms with Gasteiger partial charge in [-0.1, -0.05) is 0 Å². The Balaban J connectivity index is 2.15. The van der Waals surface area contributed by atoms with Crippen molar-refractivity contribution in [2.24, 2.45) is 5.92 Å². The number of nitrogens with one attached hydrogen (secondary N) is 1. The molecule has 0 saturated carbocycles. The Kier molecular flexibility index (Phi) is 3.33. The van der Waals surface area contributed by atoms with Gasteiger partial charge in [0, 0.05) is 6.07 Å². The molecule has 1 fully saturated rings. The molecule has 1 unspecified atom stereocenters. The summed E-state index contributed by atoms with van der Waals surface area (Å²) in [5.41, 5.74) is 6.14. The van der Waals surface area contributed by atoms with Gasteiger partial charge in [0.05, 0.1) is 5.69 Å². The zero-order valence-electron chi connectivity index (χ0n) is 9.89. The lowest BCUT2D eigenvalue weighted by molar-refractivity contribution is -0.140. The van der Waals surface area contributed by atoms with Crippen molar-refractivity contribution in [1.82, 2.24) is 15.1 Å². The van der Waals surface area contributed by atoms with Crippen LogP contribution in [-0.2, 0) is 4.79 Å². The average molecular weight is 238 g/mol. The summed E-state index contributed by atoms with van der Waals surface area (Å²) in [5.74, 6) is -0.820. The van der Waals surface area contributed by atoms with Gasteiger partial charge in [0.2, 0.25) is 0 Å². The van der Waals surface area contributed by atoms with E-state index in [0.29, 0.717) is 11.5 Å². The van der Waals surface area contributed by atoms with Crippen molar-refractivity contribution in [3.63, 3.8) is 0 Å². The molecule has 0 bridgehead atoms. The van der Waals surface area contributed by atoms with E-state index in [9.17, 15) is 9.90 Å². The van der Waals surface area contributed by atoms with E-state index in [0.717, 1.165) is 25.9 Å². The van der Waals surface area contributed by atoms with Crippen molar-refractivity contribution in [1.29, 1.82) is 0 Å². The van der Waals surface area contributed by atoms with Gasteiger partial charge in [0.1, 0.15) is 11.7 Å². The van der Waals surface area contributed by atoms with Crippen molar-refractivity contribution in [2.45, 2.75) is 18.8 Å². The van der Waals surface area contributed by atoms with E-state index in [2.05, 4.69) is 22.1 Å². The van der Waals surface area contributed by atoms with Gasteiger partial charge >= 0.3 is 5.97 Å². The van der Waals surface area contributed by atoms with Crippen LogP contribution in [0.2, 0.25) is 0 Å². The molecule has 1 aromatic heterocycles. The SMILES string of the molecule is CN1CCC(C(C(=O)O)c2cc(N)n[nH]2)CC1. The number of H-pyrrole nitrogens is 1. The third-order valence-electron chi connectivity index (χ3n) is 3.45. The summed E-state index contributed by atoms with van der Waals surface area (Å²) in [5, 5.41) is 15.9. The van der Waals surface area contributed by atoms with Gasteiger partial charge in [-0.3, -0.25) is 9.89 Å². The Morgan fingerprint density at radius 1 is 1.65 bits per heavy atom. The molecule has 1 saturated heterocycles. The first-order chi connectivity index (χ1) is 8.08. The van der Waals surface area contributed by atoms with Crippen LogP contribution in [-0.4, -0.2) is 46.3 Å². The number of aromatic amines is 1. The number of aromatic nitrogens is 2. The first-order valence-electron chi connectivity index (χ1n) is 5.80. The standard InChI is InChI=1S/C11H18N4O2/c1-15-4-2-7(3-5-15)10(11(16)17)8-6-9(12)14-13-8/h6-7,10H,2-5H2,1H3,(H,16,17)(H3,12,13,14). The monoisotopic (exact) mass is 238 g/mol. The second-order valence-electron chi connectivity index (χ2n) is 4.70. The molecule has 0 aliphatic carbocycles. The molecule has 6 nitrogen and oxygen atoms in total. The van der Waals surface area contributed by atoms with Crippen molar-refractivity contribution >= 4 is 11.8 Å². The maximum atomic E-state index is 11.4. The summed E-state index contributed by atoms with van der Waals surface area (Å²) < 4.78 is 0. The van der Waals surface area contributed by atoms with Crippen LogP contribution in [0.3, 0.4) is 0 Å². The number of hydrogen-bond acceptors (Lipinski definition) is 4. The normalized spacial score (nSPS) is 20.3. The molecule has 1 aliphatic heterocycles. The van der Waals surface area contributed by atoms with Crippen LogP contribution in [0.25, 0.3) is 0 Å². The van der Waals surface area contributed by atoms with Gasteiger partial charge in [-0.25, -0.2) is 0 Å². The maximum Gasteiger partial charge on any atom is 0.312 e. The first-order valence-corrected chi connectivity index (χ1v) is 5.80. The van der Waals surface area contributed by atoms with Gasteiger partial charge in [-0.05, 0) is 38.9 Å². The third-order valence-corrected chi connectivity index (χ3v) is 3.45. The molecule has 2 heterocycles. The summed E-state index contributed by atoms with van der Waals surface area (Å²) in [4.78, 5) is 13.6. The number of nitrogens with zero attached hydrogens (tertiary/aromatic N) is 2. The molecule has 0 aromatic carbocycles. The van der Waals surface area contributed by atoms with Crippen LogP contribution < -0.4 is 5.73 Å². The molecule has 0 spiro atoms. The van der Waals surface area contributed by atoms with Crippen LogP contribution in [0.15, 0.2) is 6.07 Å². The molecular formula is C11H18N4O2. The average Bonchev–Trinajstić information content (AvgIpc) is 2.68. The number of nitrogen functional groups attached to an aromatic ring is 1. The number of anilines is 1. The molecule has 0 radical (unpaired) electrons. The van der Waals surface area contributed by atoms with E-state index < -0.39 is 11.9 Å². The lowest BCUT2D eigenvalue weighted by Gasteiger charge is -2.31. The van der Waals surface area contributed by atoms with E-state index in [1.54, 1.807) is 6.07 Å². The second-order valence-corrected chi connectivity index (χ2v) is 4.70. The van der Waals surface area contributed by atoms with Crippen molar-refractivity contribution in [3.05, 3.63) is 11.8 Å². The lowest BCUT2D eigenvalue weighted by atomic mass is 9.82. The van der Waals surface area contributed by atoms with Gasteiger partial charge in [0.15, 0.2) is 0 Å². The largest absolute Gasteiger partial charge is 0.481 e. The van der Waals surface area contributed by atoms with Crippen LogP contribution >= 0.6 is 0 Å². The zero-order valence-corrected chi connectivity index (χ0v) is 9.89. The number of carboxylic acids is 1. The highest BCUT2D eigenvalue weighted by Gasteiger charge is 2.33. The summed E-state index contributed by atoms with van der Waals surface area (Å²) in [6.45, 7) is 1.89. The molecule has 1 aromatic rings. The Morgan fingerprint density at radius 3 is 2.76 bits per heavy atom. The minimum absolute atomic E-state index is 0.156. The van der Waals surface area contributed by atoms with E-state index in [-0.39, 0.29) is 5.92 Å². The van der Waals surface area contributed by atoms with Crippen LogP contribution in [0.1, 0.15) is 24.5 Å². The quantitative estimate of drug-likeness (QED) is 0.712. The van der Waals surface area contributed by atoms with E-state index in [1.165, 1.54) is 0 Å². The summed E-state index contributed by atoms with van der Waals surface area (Å²) in [6, 6.07) is 1.62. The number of nitrogens with two attached hydrogens (primary N) is 1. The topological polar surface area (TPSA) is 95.2 Å². The Hall–Kier alpha value is -1.56. The number of likely N-dealkylation sites (tertiary alicyclic amines) is 1. The number of rotatable bonds is 3. The van der Waals surface area contributed by atoms with Gasteiger partial charge in [-0.15, -0.1) is 0 Å². The number of piperidine rings is 1. The van der Waals surface area contributed by atoms with E-state index in [1.807, 2.05) is 0 Å². The molecule has 2 rings (SSSR count). The molecular weight excluding hydrogens is 220 g/mol. The van der Waals surface area contributed by atoms with Crippen LogP contribution in [0.4, 0.5) is 5.82 Å². The number of carboxylic acid groups (broad SMARTS) is 1. The molecule has 0 amide bonds. The molecule has 1 atom stereocenters. The fourth-order valence-corrected chi connectivity index (χ4v) is 2.46. The van der Waals surface area contributed by atoms with Crippen LogP contribution in [0.5, 0.6) is 0 Å². The molecule has 17 heavy (non-hydrogen) atoms. The van der Waals surface area contributed by atoms with E-state index in [4.69, 9.17) is 5.73 Å². The Labute approximate surface area is 99.8 Å². The van der Waals surface area contributed by atoms with E-state index >= 15 is 0 Å².